The molecule has 1 unspecified atom stereocenters. The number of nitrogens with one attached hydrogen (secondary N) is 1. The van der Waals surface area contributed by atoms with E-state index in [0.29, 0.717) is 12.3 Å². The molecule has 0 bridgehead atoms. The quantitative estimate of drug-likeness (QED) is 0.906. The Hall–Kier alpha value is -2.14. The summed E-state index contributed by atoms with van der Waals surface area (Å²) in [7, 11) is 0. The number of amides is 1. The van der Waals surface area contributed by atoms with Crippen molar-refractivity contribution in [3.63, 3.8) is 0 Å². The molecule has 0 aliphatic carbocycles. The highest BCUT2D eigenvalue weighted by molar-refractivity contribution is 5.92. The van der Waals surface area contributed by atoms with E-state index in [9.17, 15) is 4.79 Å². The summed E-state index contributed by atoms with van der Waals surface area (Å²) in [4.78, 5) is 19.6. The molecule has 1 aliphatic heterocycles. The molecule has 5 heteroatoms. The van der Waals surface area contributed by atoms with Gasteiger partial charge in [0.1, 0.15) is 5.76 Å². The summed E-state index contributed by atoms with van der Waals surface area (Å²) >= 11 is 0. The van der Waals surface area contributed by atoms with Gasteiger partial charge in [-0.25, -0.2) is 0 Å². The molecule has 25 heavy (non-hydrogen) atoms. The molecule has 0 aromatic carbocycles. The van der Waals surface area contributed by atoms with Crippen LogP contribution in [0.25, 0.3) is 0 Å². The minimum atomic E-state index is -0.0275. The summed E-state index contributed by atoms with van der Waals surface area (Å²) in [5, 5.41) is 3.42. The van der Waals surface area contributed by atoms with E-state index in [1.807, 2.05) is 43.0 Å². The Morgan fingerprint density at radius 2 is 2.24 bits per heavy atom. The third kappa shape index (κ3) is 4.28. The van der Waals surface area contributed by atoms with E-state index in [1.165, 1.54) is 0 Å². The van der Waals surface area contributed by atoms with Crippen LogP contribution < -0.4 is 5.32 Å². The molecule has 2 aromatic heterocycles. The fourth-order valence-electron chi connectivity index (χ4n) is 3.46. The van der Waals surface area contributed by atoms with Gasteiger partial charge in [0, 0.05) is 18.7 Å². The van der Waals surface area contributed by atoms with Gasteiger partial charge in [-0.3, -0.25) is 9.78 Å². The molecular weight excluding hydrogens is 314 g/mol. The van der Waals surface area contributed by atoms with Gasteiger partial charge in [-0.1, -0.05) is 13.0 Å². The molecule has 0 radical (unpaired) electrons. The molecule has 1 atom stereocenters. The van der Waals surface area contributed by atoms with E-state index in [2.05, 4.69) is 10.3 Å². The average Bonchev–Trinajstić information content (AvgIpc) is 2.84. The van der Waals surface area contributed by atoms with Crippen molar-refractivity contribution in [2.24, 2.45) is 0 Å². The van der Waals surface area contributed by atoms with Gasteiger partial charge in [0.2, 0.25) is 0 Å². The highest BCUT2D eigenvalue weighted by Gasteiger charge is 2.28. The Bertz CT molecular complexity index is 688. The Kier molecular flexibility index (Phi) is 5.87. The first-order chi connectivity index (χ1) is 12.2. The van der Waals surface area contributed by atoms with E-state index in [4.69, 9.17) is 4.42 Å². The fourth-order valence-corrected chi connectivity index (χ4v) is 3.46. The summed E-state index contributed by atoms with van der Waals surface area (Å²) in [5.74, 6) is 1.31. The first kappa shape index (κ1) is 17.7. The molecule has 5 nitrogen and oxygen atoms in total. The summed E-state index contributed by atoms with van der Waals surface area (Å²) in [6, 6.07) is 7.92. The Balaban J connectivity index is 1.86. The number of carbonyl (C=O) groups excluding carboxylic acids is 1. The summed E-state index contributed by atoms with van der Waals surface area (Å²) in [6.45, 7) is 6.52. The molecule has 3 heterocycles. The number of furan rings is 1. The average molecular weight is 341 g/mol. The van der Waals surface area contributed by atoms with Crippen molar-refractivity contribution in [1.82, 2.24) is 15.2 Å². The minimum Gasteiger partial charge on any atom is -0.456 e. The monoisotopic (exact) mass is 341 g/mol. The molecule has 1 saturated heterocycles. The molecule has 0 spiro atoms. The van der Waals surface area contributed by atoms with Gasteiger partial charge in [-0.15, -0.1) is 0 Å². The lowest BCUT2D eigenvalue weighted by molar-refractivity contribution is 0.0608. The van der Waals surface area contributed by atoms with Crippen LogP contribution in [0.1, 0.15) is 53.8 Å². The lowest BCUT2D eigenvalue weighted by Gasteiger charge is -2.30. The van der Waals surface area contributed by atoms with Gasteiger partial charge in [0.05, 0.1) is 12.2 Å². The SMILES string of the molecule is CCc1oc(C(=O)N(Cc2ccccn2)C2CCCNCC2)cc1C. The number of nitrogens with zero attached hydrogens (tertiary/aromatic N) is 2. The standard InChI is InChI=1S/C20H27N3O2/c1-3-18-15(2)13-19(25-18)20(24)23(14-16-7-4-5-11-22-16)17-8-6-10-21-12-9-17/h4-5,7,11,13,17,21H,3,6,8-10,12,14H2,1-2H3. The van der Waals surface area contributed by atoms with Crippen LogP contribution in [-0.2, 0) is 13.0 Å². The van der Waals surface area contributed by atoms with Gasteiger partial charge in [-0.2, -0.15) is 0 Å². The van der Waals surface area contributed by atoms with Crippen LogP contribution in [0.4, 0.5) is 0 Å². The highest BCUT2D eigenvalue weighted by atomic mass is 16.4. The van der Waals surface area contributed by atoms with Gasteiger partial charge < -0.3 is 14.6 Å². The van der Waals surface area contributed by atoms with Crippen molar-refractivity contribution in [1.29, 1.82) is 0 Å². The summed E-state index contributed by atoms with van der Waals surface area (Å²) in [6.07, 6.45) is 5.62. The van der Waals surface area contributed by atoms with E-state index >= 15 is 0 Å². The molecule has 1 aliphatic rings. The van der Waals surface area contributed by atoms with Crippen molar-refractivity contribution < 1.29 is 9.21 Å². The van der Waals surface area contributed by atoms with E-state index in [0.717, 1.165) is 55.8 Å². The lowest BCUT2D eigenvalue weighted by atomic mass is 10.1. The Morgan fingerprint density at radius 1 is 1.36 bits per heavy atom. The fraction of sp³-hybridized carbons (Fsp3) is 0.500. The van der Waals surface area contributed by atoms with E-state index in [1.54, 1.807) is 6.20 Å². The van der Waals surface area contributed by atoms with Crippen LogP contribution in [0.15, 0.2) is 34.9 Å². The van der Waals surface area contributed by atoms with Crippen LogP contribution in [0.5, 0.6) is 0 Å². The Morgan fingerprint density at radius 3 is 2.96 bits per heavy atom. The van der Waals surface area contributed by atoms with Crippen LogP contribution >= 0.6 is 0 Å². The zero-order chi connectivity index (χ0) is 17.6. The number of hydrogen-bond donors (Lipinski definition) is 1. The zero-order valence-electron chi connectivity index (χ0n) is 15.1. The molecule has 1 N–H and O–H groups in total. The topological polar surface area (TPSA) is 58.4 Å². The zero-order valence-corrected chi connectivity index (χ0v) is 15.1. The van der Waals surface area contributed by atoms with Gasteiger partial charge in [0.15, 0.2) is 5.76 Å². The van der Waals surface area contributed by atoms with Crippen LogP contribution in [-0.4, -0.2) is 34.9 Å². The van der Waals surface area contributed by atoms with Gasteiger partial charge >= 0.3 is 0 Å². The van der Waals surface area contributed by atoms with Crippen molar-refractivity contribution in [3.8, 4) is 0 Å². The second kappa shape index (κ2) is 8.30. The first-order valence-electron chi connectivity index (χ1n) is 9.20. The van der Waals surface area contributed by atoms with Crippen molar-refractivity contribution in [3.05, 3.63) is 53.2 Å². The second-order valence-electron chi connectivity index (χ2n) is 6.66. The van der Waals surface area contributed by atoms with Crippen LogP contribution in [0.3, 0.4) is 0 Å². The molecule has 1 amide bonds. The number of pyridine rings is 1. The highest BCUT2D eigenvalue weighted by Crippen LogP contribution is 2.22. The maximum Gasteiger partial charge on any atom is 0.290 e. The number of rotatable bonds is 5. The predicted molar refractivity (Wildman–Crippen MR) is 97.4 cm³/mol. The van der Waals surface area contributed by atoms with Gasteiger partial charge in [-0.05, 0) is 63.0 Å². The van der Waals surface area contributed by atoms with Crippen LogP contribution in [0.2, 0.25) is 0 Å². The molecule has 2 aromatic rings. The maximum atomic E-state index is 13.2. The molecule has 1 fully saturated rings. The lowest BCUT2D eigenvalue weighted by Crippen LogP contribution is -2.40. The molecule has 134 valence electrons. The van der Waals surface area contributed by atoms with Crippen LogP contribution in [0, 0.1) is 6.92 Å². The molecule has 3 rings (SSSR count). The number of hydrogen-bond acceptors (Lipinski definition) is 4. The first-order valence-corrected chi connectivity index (χ1v) is 9.20. The van der Waals surface area contributed by atoms with Crippen molar-refractivity contribution in [2.45, 2.75) is 52.1 Å². The second-order valence-corrected chi connectivity index (χ2v) is 6.66. The predicted octanol–water partition coefficient (Wildman–Crippen LogP) is 3.33. The normalized spacial score (nSPS) is 17.9. The number of carbonyl (C=O) groups is 1. The van der Waals surface area contributed by atoms with Gasteiger partial charge in [0.25, 0.3) is 5.91 Å². The van der Waals surface area contributed by atoms with E-state index in [-0.39, 0.29) is 11.9 Å². The third-order valence-corrected chi connectivity index (χ3v) is 4.86. The molecule has 0 saturated carbocycles. The number of aryl methyl sites for hydroxylation is 2. The van der Waals surface area contributed by atoms with Crippen molar-refractivity contribution in [2.75, 3.05) is 13.1 Å². The number of aromatic nitrogens is 1. The third-order valence-electron chi connectivity index (χ3n) is 4.86. The maximum absolute atomic E-state index is 13.2. The largest absolute Gasteiger partial charge is 0.456 e. The summed E-state index contributed by atoms with van der Waals surface area (Å²) < 4.78 is 5.84. The summed E-state index contributed by atoms with van der Waals surface area (Å²) in [5.41, 5.74) is 1.96. The smallest absolute Gasteiger partial charge is 0.290 e. The molecular formula is C20H27N3O2. The van der Waals surface area contributed by atoms with E-state index < -0.39 is 0 Å². The minimum absolute atomic E-state index is 0.0275. The Labute approximate surface area is 149 Å². The van der Waals surface area contributed by atoms with Crippen molar-refractivity contribution >= 4 is 5.91 Å².